The fourth-order valence-corrected chi connectivity index (χ4v) is 2.22. The number of hydrogen-bond acceptors (Lipinski definition) is 0. The number of nitrogens with one attached hydrogen (secondary N) is 1. The number of hydrogen-bond donors (Lipinski definition) is 1. The Labute approximate surface area is 105 Å². The van der Waals surface area contributed by atoms with Gasteiger partial charge in [0, 0.05) is 21.6 Å². The van der Waals surface area contributed by atoms with Gasteiger partial charge in [0.05, 0.1) is 0 Å². The average Bonchev–Trinajstić information content (AvgIpc) is 2.75. The highest BCUT2D eigenvalue weighted by Crippen LogP contribution is 2.26. The number of aromatic nitrogens is 1. The first-order valence-electron chi connectivity index (χ1n) is 5.58. The molecule has 0 aliphatic carbocycles. The van der Waals surface area contributed by atoms with E-state index >= 15 is 0 Å². The molecule has 0 spiro atoms. The number of para-hydroxylation sites is 1. The summed E-state index contributed by atoms with van der Waals surface area (Å²) in [7, 11) is 0. The van der Waals surface area contributed by atoms with Crippen molar-refractivity contribution in [3.8, 4) is 11.3 Å². The van der Waals surface area contributed by atoms with Gasteiger partial charge in [0.25, 0.3) is 0 Å². The highest BCUT2D eigenvalue weighted by atomic mass is 35.5. The molecule has 0 bridgehead atoms. The standard InChI is InChI=1S/C15H12ClN/c1-10-3-2-4-12-9-14(17-15(10)12)11-5-7-13(16)8-6-11/h2-9,17H,1H3. The average molecular weight is 242 g/mol. The van der Waals surface area contributed by atoms with Crippen molar-refractivity contribution in [2.45, 2.75) is 6.92 Å². The minimum atomic E-state index is 0.765. The maximum atomic E-state index is 5.89. The third-order valence-corrected chi connectivity index (χ3v) is 3.27. The topological polar surface area (TPSA) is 15.8 Å². The van der Waals surface area contributed by atoms with E-state index in [0.29, 0.717) is 0 Å². The first-order valence-corrected chi connectivity index (χ1v) is 5.96. The van der Waals surface area contributed by atoms with Gasteiger partial charge in [-0.25, -0.2) is 0 Å². The maximum absolute atomic E-state index is 5.89. The summed E-state index contributed by atoms with van der Waals surface area (Å²) in [5.74, 6) is 0. The van der Waals surface area contributed by atoms with Crippen LogP contribution in [0.1, 0.15) is 5.56 Å². The zero-order chi connectivity index (χ0) is 11.8. The zero-order valence-electron chi connectivity index (χ0n) is 9.50. The van der Waals surface area contributed by atoms with Gasteiger partial charge in [0.2, 0.25) is 0 Å². The Morgan fingerprint density at radius 1 is 1.00 bits per heavy atom. The van der Waals surface area contributed by atoms with Gasteiger partial charge in [-0.3, -0.25) is 0 Å². The van der Waals surface area contributed by atoms with E-state index in [-0.39, 0.29) is 0 Å². The van der Waals surface area contributed by atoms with E-state index in [2.05, 4.69) is 36.2 Å². The molecule has 0 aliphatic rings. The second kappa shape index (κ2) is 3.94. The van der Waals surface area contributed by atoms with Crippen molar-refractivity contribution in [2.24, 2.45) is 0 Å². The third-order valence-electron chi connectivity index (χ3n) is 3.02. The molecule has 84 valence electrons. The first kappa shape index (κ1) is 10.4. The van der Waals surface area contributed by atoms with Crippen LogP contribution in [-0.4, -0.2) is 4.98 Å². The largest absolute Gasteiger partial charge is 0.354 e. The highest BCUT2D eigenvalue weighted by Gasteiger charge is 2.04. The second-order valence-corrected chi connectivity index (χ2v) is 4.67. The van der Waals surface area contributed by atoms with Crippen LogP contribution < -0.4 is 0 Å². The summed E-state index contributed by atoms with van der Waals surface area (Å²) in [6, 6.07) is 16.4. The molecule has 0 aliphatic heterocycles. The monoisotopic (exact) mass is 241 g/mol. The number of halogens is 1. The molecule has 2 heteroatoms. The fourth-order valence-electron chi connectivity index (χ4n) is 2.09. The van der Waals surface area contributed by atoms with Gasteiger partial charge in [0.1, 0.15) is 0 Å². The van der Waals surface area contributed by atoms with E-state index in [0.717, 1.165) is 16.3 Å². The Kier molecular flexibility index (Phi) is 2.41. The molecule has 0 saturated heterocycles. The second-order valence-electron chi connectivity index (χ2n) is 4.23. The molecule has 0 atom stereocenters. The first-order chi connectivity index (χ1) is 8.24. The van der Waals surface area contributed by atoms with Crippen molar-refractivity contribution < 1.29 is 0 Å². The van der Waals surface area contributed by atoms with E-state index in [1.807, 2.05) is 24.3 Å². The van der Waals surface area contributed by atoms with Crippen molar-refractivity contribution >= 4 is 22.5 Å². The predicted octanol–water partition coefficient (Wildman–Crippen LogP) is 4.80. The Morgan fingerprint density at radius 3 is 2.47 bits per heavy atom. The molecule has 0 amide bonds. The zero-order valence-corrected chi connectivity index (χ0v) is 10.3. The van der Waals surface area contributed by atoms with Crippen LogP contribution in [0.5, 0.6) is 0 Å². The lowest BCUT2D eigenvalue weighted by Crippen LogP contribution is -1.77. The van der Waals surface area contributed by atoms with Crippen molar-refractivity contribution in [3.05, 3.63) is 59.1 Å². The van der Waals surface area contributed by atoms with Crippen LogP contribution >= 0.6 is 11.6 Å². The van der Waals surface area contributed by atoms with Gasteiger partial charge in [-0.15, -0.1) is 0 Å². The van der Waals surface area contributed by atoms with Gasteiger partial charge in [-0.1, -0.05) is 41.9 Å². The number of rotatable bonds is 1. The SMILES string of the molecule is Cc1cccc2cc(-c3ccc(Cl)cc3)[nH]c12. The van der Waals surface area contributed by atoms with Crippen molar-refractivity contribution in [1.82, 2.24) is 4.98 Å². The molecule has 2 aromatic carbocycles. The Bertz CT molecular complexity index is 665. The van der Waals surface area contributed by atoms with Gasteiger partial charge in [0.15, 0.2) is 0 Å². The van der Waals surface area contributed by atoms with E-state index in [9.17, 15) is 0 Å². The number of H-pyrrole nitrogens is 1. The number of aromatic amines is 1. The van der Waals surface area contributed by atoms with Crippen LogP contribution in [0.25, 0.3) is 22.2 Å². The minimum Gasteiger partial charge on any atom is -0.354 e. The molecular formula is C15H12ClN. The molecule has 0 radical (unpaired) electrons. The summed E-state index contributed by atoms with van der Waals surface area (Å²) in [6.45, 7) is 2.12. The molecule has 1 heterocycles. The molecule has 3 aromatic rings. The summed E-state index contributed by atoms with van der Waals surface area (Å²) < 4.78 is 0. The van der Waals surface area contributed by atoms with E-state index in [4.69, 9.17) is 11.6 Å². The van der Waals surface area contributed by atoms with Gasteiger partial charge >= 0.3 is 0 Å². The number of fused-ring (bicyclic) bond motifs is 1. The summed E-state index contributed by atoms with van der Waals surface area (Å²) in [4.78, 5) is 3.46. The molecule has 1 N–H and O–H groups in total. The molecular weight excluding hydrogens is 230 g/mol. The van der Waals surface area contributed by atoms with Crippen molar-refractivity contribution in [1.29, 1.82) is 0 Å². The summed E-state index contributed by atoms with van der Waals surface area (Å²) in [6.07, 6.45) is 0. The van der Waals surface area contributed by atoms with Crippen LogP contribution in [0, 0.1) is 6.92 Å². The van der Waals surface area contributed by atoms with Crippen LogP contribution in [0.4, 0.5) is 0 Å². The number of aryl methyl sites for hydroxylation is 1. The lowest BCUT2D eigenvalue weighted by molar-refractivity contribution is 1.41. The van der Waals surface area contributed by atoms with Crippen LogP contribution in [0.15, 0.2) is 48.5 Å². The van der Waals surface area contributed by atoms with Gasteiger partial charge in [-0.05, 0) is 36.2 Å². The summed E-state index contributed by atoms with van der Waals surface area (Å²) in [5.41, 5.74) is 4.76. The van der Waals surface area contributed by atoms with Crippen molar-refractivity contribution in [2.75, 3.05) is 0 Å². The summed E-state index contributed by atoms with van der Waals surface area (Å²) >= 11 is 5.89. The van der Waals surface area contributed by atoms with E-state index < -0.39 is 0 Å². The molecule has 1 aromatic heterocycles. The normalized spacial score (nSPS) is 10.9. The molecule has 3 rings (SSSR count). The molecule has 1 nitrogen and oxygen atoms in total. The Balaban J connectivity index is 2.18. The van der Waals surface area contributed by atoms with Crippen molar-refractivity contribution in [3.63, 3.8) is 0 Å². The van der Waals surface area contributed by atoms with E-state index in [1.54, 1.807) is 0 Å². The van der Waals surface area contributed by atoms with Crippen LogP contribution in [0.2, 0.25) is 5.02 Å². The van der Waals surface area contributed by atoms with Gasteiger partial charge in [-0.2, -0.15) is 0 Å². The minimum absolute atomic E-state index is 0.765. The molecule has 0 saturated carbocycles. The molecule has 0 fully saturated rings. The van der Waals surface area contributed by atoms with Crippen LogP contribution in [-0.2, 0) is 0 Å². The summed E-state index contributed by atoms with van der Waals surface area (Å²) in [5, 5.41) is 2.01. The maximum Gasteiger partial charge on any atom is 0.0488 e. The van der Waals surface area contributed by atoms with Crippen LogP contribution in [0.3, 0.4) is 0 Å². The highest BCUT2D eigenvalue weighted by molar-refractivity contribution is 6.30. The molecule has 17 heavy (non-hydrogen) atoms. The quantitative estimate of drug-likeness (QED) is 0.630. The van der Waals surface area contributed by atoms with E-state index in [1.165, 1.54) is 16.5 Å². The predicted molar refractivity (Wildman–Crippen MR) is 73.5 cm³/mol. The Hall–Kier alpha value is -1.73. The van der Waals surface area contributed by atoms with Gasteiger partial charge < -0.3 is 4.98 Å². The fraction of sp³-hybridized carbons (Fsp3) is 0.0667. The lowest BCUT2D eigenvalue weighted by atomic mass is 10.1. The lowest BCUT2D eigenvalue weighted by Gasteiger charge is -1.97. The smallest absolute Gasteiger partial charge is 0.0488 e. The molecule has 0 unspecified atom stereocenters. The third kappa shape index (κ3) is 1.83. The number of benzene rings is 2. The Morgan fingerprint density at radius 2 is 1.76 bits per heavy atom.